The molecule has 4 rings (SSSR count). The van der Waals surface area contributed by atoms with E-state index in [1.807, 2.05) is 61.5 Å². The maximum Gasteiger partial charge on any atom is 0.343 e. The number of hydrogen-bond donors (Lipinski definition) is 1. The van der Waals surface area contributed by atoms with E-state index in [2.05, 4.69) is 10.2 Å². The third-order valence-corrected chi connectivity index (χ3v) is 6.23. The minimum Gasteiger partial charge on any atom is -0.497 e. The van der Waals surface area contributed by atoms with E-state index in [9.17, 15) is 9.59 Å². The van der Waals surface area contributed by atoms with Crippen molar-refractivity contribution < 1.29 is 9.53 Å². The SMILES string of the molecule is CCCn1c(SCC(=O)N2N=C(c3ccccc3)C[C@H]2c2ccc(OC)cc2)n[nH]c1=O. The molecule has 1 amide bonds. The first kappa shape index (κ1) is 21.9. The lowest BCUT2D eigenvalue weighted by atomic mass is 9.98. The van der Waals surface area contributed by atoms with Gasteiger partial charge in [0.25, 0.3) is 5.91 Å². The van der Waals surface area contributed by atoms with Crippen molar-refractivity contribution in [3.05, 3.63) is 76.2 Å². The average Bonchev–Trinajstić information content (AvgIpc) is 3.43. The number of amides is 1. The molecule has 0 saturated carbocycles. The fourth-order valence-corrected chi connectivity index (χ4v) is 4.48. The molecule has 0 bridgehead atoms. The molecule has 1 aliphatic heterocycles. The molecular formula is C23H25N5O3S. The van der Waals surface area contributed by atoms with E-state index >= 15 is 0 Å². The summed E-state index contributed by atoms with van der Waals surface area (Å²) in [6.07, 6.45) is 1.42. The second-order valence-electron chi connectivity index (χ2n) is 7.40. The Morgan fingerprint density at radius 1 is 1.19 bits per heavy atom. The second kappa shape index (κ2) is 9.86. The molecule has 0 aliphatic carbocycles. The molecule has 1 N–H and O–H groups in total. The Morgan fingerprint density at radius 3 is 2.62 bits per heavy atom. The summed E-state index contributed by atoms with van der Waals surface area (Å²) < 4.78 is 6.82. The Balaban J connectivity index is 1.57. The van der Waals surface area contributed by atoms with Crippen LogP contribution in [-0.2, 0) is 11.3 Å². The summed E-state index contributed by atoms with van der Waals surface area (Å²) in [5.74, 6) is 0.753. The van der Waals surface area contributed by atoms with Gasteiger partial charge >= 0.3 is 5.69 Å². The first-order chi connectivity index (χ1) is 15.6. The number of aromatic nitrogens is 3. The molecule has 0 radical (unpaired) electrons. The average molecular weight is 452 g/mol. The number of nitrogens with zero attached hydrogens (tertiary/aromatic N) is 4. The predicted molar refractivity (Wildman–Crippen MR) is 124 cm³/mol. The Hall–Kier alpha value is -3.33. The van der Waals surface area contributed by atoms with Crippen LogP contribution in [0.4, 0.5) is 0 Å². The molecule has 9 heteroatoms. The van der Waals surface area contributed by atoms with Crippen LogP contribution >= 0.6 is 11.8 Å². The molecule has 1 aromatic heterocycles. The Bertz CT molecular complexity index is 1150. The quantitative estimate of drug-likeness (QED) is 0.530. The standard InChI is InChI=1S/C23H25N5O3S/c1-3-13-27-22(30)24-25-23(27)32-15-21(29)28-20(17-9-11-18(31-2)12-10-17)14-19(26-28)16-7-5-4-6-8-16/h4-12,20H,3,13-15H2,1-2H3,(H,24,30)/t20-/m0/s1. The van der Waals surface area contributed by atoms with Gasteiger partial charge in [-0.25, -0.2) is 14.9 Å². The molecule has 32 heavy (non-hydrogen) atoms. The maximum absolute atomic E-state index is 13.2. The van der Waals surface area contributed by atoms with E-state index in [0.29, 0.717) is 18.1 Å². The number of H-pyrrole nitrogens is 1. The van der Waals surface area contributed by atoms with Gasteiger partial charge in [0.1, 0.15) is 5.75 Å². The smallest absolute Gasteiger partial charge is 0.343 e. The Labute approximate surface area is 190 Å². The number of benzene rings is 2. The molecule has 2 heterocycles. The third-order valence-electron chi connectivity index (χ3n) is 5.27. The number of hydrazone groups is 1. The van der Waals surface area contributed by atoms with Crippen molar-refractivity contribution in [2.24, 2.45) is 5.10 Å². The van der Waals surface area contributed by atoms with Crippen LogP contribution in [0.1, 0.15) is 36.9 Å². The molecule has 8 nitrogen and oxygen atoms in total. The van der Waals surface area contributed by atoms with Crippen molar-refractivity contribution in [3.8, 4) is 5.75 Å². The highest BCUT2D eigenvalue weighted by molar-refractivity contribution is 7.99. The van der Waals surface area contributed by atoms with Gasteiger partial charge in [0.05, 0.1) is 24.6 Å². The van der Waals surface area contributed by atoms with Crippen molar-refractivity contribution in [3.63, 3.8) is 0 Å². The van der Waals surface area contributed by atoms with Gasteiger partial charge in [0.15, 0.2) is 5.16 Å². The van der Waals surface area contributed by atoms with Crippen molar-refractivity contribution in [2.75, 3.05) is 12.9 Å². The largest absolute Gasteiger partial charge is 0.497 e. The van der Waals surface area contributed by atoms with Crippen molar-refractivity contribution in [2.45, 2.75) is 37.5 Å². The van der Waals surface area contributed by atoms with E-state index < -0.39 is 0 Å². The predicted octanol–water partition coefficient (Wildman–Crippen LogP) is 3.46. The summed E-state index contributed by atoms with van der Waals surface area (Å²) in [6.45, 7) is 2.54. The van der Waals surface area contributed by atoms with Gasteiger partial charge in [-0.3, -0.25) is 9.36 Å². The van der Waals surface area contributed by atoms with Gasteiger partial charge < -0.3 is 4.74 Å². The number of nitrogens with one attached hydrogen (secondary N) is 1. The summed E-state index contributed by atoms with van der Waals surface area (Å²) in [7, 11) is 1.63. The Morgan fingerprint density at radius 2 is 1.94 bits per heavy atom. The van der Waals surface area contributed by atoms with Crippen LogP contribution < -0.4 is 10.4 Å². The van der Waals surface area contributed by atoms with Crippen molar-refractivity contribution in [1.82, 2.24) is 19.8 Å². The van der Waals surface area contributed by atoms with Crippen LogP contribution in [0.15, 0.2) is 69.6 Å². The summed E-state index contributed by atoms with van der Waals surface area (Å²) >= 11 is 1.24. The molecule has 0 spiro atoms. The van der Waals surface area contributed by atoms with Gasteiger partial charge in [0, 0.05) is 13.0 Å². The highest BCUT2D eigenvalue weighted by Crippen LogP contribution is 2.34. The highest BCUT2D eigenvalue weighted by atomic mass is 32.2. The van der Waals surface area contributed by atoms with Crippen LogP contribution in [-0.4, -0.2) is 44.3 Å². The number of thioether (sulfide) groups is 1. The summed E-state index contributed by atoms with van der Waals surface area (Å²) in [5, 5.41) is 13.3. The minimum absolute atomic E-state index is 0.131. The third kappa shape index (κ3) is 4.62. The topological polar surface area (TPSA) is 92.6 Å². The molecule has 0 unspecified atom stereocenters. The lowest BCUT2D eigenvalue weighted by Gasteiger charge is -2.22. The van der Waals surface area contributed by atoms with E-state index in [0.717, 1.165) is 29.0 Å². The van der Waals surface area contributed by atoms with Gasteiger partial charge in [-0.2, -0.15) is 5.10 Å². The zero-order chi connectivity index (χ0) is 22.5. The first-order valence-electron chi connectivity index (χ1n) is 10.5. The summed E-state index contributed by atoms with van der Waals surface area (Å²) in [5.41, 5.74) is 2.59. The molecule has 0 saturated heterocycles. The van der Waals surface area contributed by atoms with Crippen molar-refractivity contribution in [1.29, 1.82) is 0 Å². The fraction of sp³-hybridized carbons (Fsp3) is 0.304. The molecular weight excluding hydrogens is 426 g/mol. The number of hydrogen-bond acceptors (Lipinski definition) is 6. The zero-order valence-corrected chi connectivity index (χ0v) is 18.8. The lowest BCUT2D eigenvalue weighted by molar-refractivity contribution is -0.130. The van der Waals surface area contributed by atoms with E-state index in [4.69, 9.17) is 9.84 Å². The zero-order valence-electron chi connectivity index (χ0n) is 18.0. The first-order valence-corrected chi connectivity index (χ1v) is 11.5. The van der Waals surface area contributed by atoms with Crippen molar-refractivity contribution >= 4 is 23.4 Å². The van der Waals surface area contributed by atoms with Crippen LogP contribution in [0, 0.1) is 0 Å². The van der Waals surface area contributed by atoms with E-state index in [-0.39, 0.29) is 23.4 Å². The Kier molecular flexibility index (Phi) is 6.75. The number of carbonyl (C=O) groups excluding carboxylic acids is 1. The molecule has 1 aliphatic rings. The van der Waals surface area contributed by atoms with E-state index in [1.54, 1.807) is 16.7 Å². The fourth-order valence-electron chi connectivity index (χ4n) is 3.66. The number of ether oxygens (including phenoxy) is 1. The van der Waals surface area contributed by atoms with Crippen LogP contribution in [0.5, 0.6) is 5.75 Å². The molecule has 0 fully saturated rings. The monoisotopic (exact) mass is 451 g/mol. The van der Waals surface area contributed by atoms with E-state index in [1.165, 1.54) is 11.8 Å². The van der Waals surface area contributed by atoms with Crippen LogP contribution in [0.25, 0.3) is 0 Å². The summed E-state index contributed by atoms with van der Waals surface area (Å²) in [6, 6.07) is 17.4. The molecule has 2 aromatic carbocycles. The highest BCUT2D eigenvalue weighted by Gasteiger charge is 2.33. The maximum atomic E-state index is 13.2. The number of aromatic amines is 1. The number of methoxy groups -OCH3 is 1. The molecule has 166 valence electrons. The molecule has 3 aromatic rings. The van der Waals surface area contributed by atoms with Gasteiger partial charge in [-0.05, 0) is 29.7 Å². The van der Waals surface area contributed by atoms with Crippen LogP contribution in [0.2, 0.25) is 0 Å². The van der Waals surface area contributed by atoms with Gasteiger partial charge in [-0.15, -0.1) is 5.10 Å². The normalized spacial score (nSPS) is 15.6. The minimum atomic E-state index is -0.261. The van der Waals surface area contributed by atoms with Gasteiger partial charge in [0.2, 0.25) is 0 Å². The molecule has 1 atom stereocenters. The second-order valence-corrected chi connectivity index (χ2v) is 8.34. The lowest BCUT2D eigenvalue weighted by Crippen LogP contribution is -2.28. The number of rotatable bonds is 8. The summed E-state index contributed by atoms with van der Waals surface area (Å²) in [4.78, 5) is 25.2. The van der Waals surface area contributed by atoms with Gasteiger partial charge in [-0.1, -0.05) is 61.2 Å². The number of carbonyl (C=O) groups is 1. The van der Waals surface area contributed by atoms with Crippen LogP contribution in [0.3, 0.4) is 0 Å².